The van der Waals surface area contributed by atoms with E-state index in [-0.39, 0.29) is 0 Å². The molecule has 0 saturated carbocycles. The van der Waals surface area contributed by atoms with Crippen LogP contribution in [0.25, 0.3) is 16.6 Å². The second-order valence-electron chi connectivity index (χ2n) is 3.48. The number of nitrogens with zero attached hydrogens (tertiary/aromatic N) is 2. The summed E-state index contributed by atoms with van der Waals surface area (Å²) in [6.45, 7) is 1.75. The highest BCUT2D eigenvalue weighted by molar-refractivity contribution is 6.08. The van der Waals surface area contributed by atoms with E-state index >= 15 is 0 Å². The van der Waals surface area contributed by atoms with Crippen LogP contribution in [0.5, 0.6) is 0 Å². The Labute approximate surface area is 93.3 Å². The monoisotopic (exact) mass is 212 g/mol. The molecule has 0 aliphatic heterocycles. The summed E-state index contributed by atoms with van der Waals surface area (Å²) < 4.78 is 0. The van der Waals surface area contributed by atoms with Gasteiger partial charge in [-0.25, -0.2) is 4.98 Å². The van der Waals surface area contributed by atoms with Gasteiger partial charge in [-0.2, -0.15) is 0 Å². The normalized spacial score (nSPS) is 12.3. The van der Waals surface area contributed by atoms with Gasteiger partial charge in [-0.15, -0.1) is 0 Å². The van der Waals surface area contributed by atoms with Gasteiger partial charge in [0.15, 0.2) is 0 Å². The third-order valence-electron chi connectivity index (χ3n) is 2.29. The van der Waals surface area contributed by atoms with Crippen LogP contribution in [0.15, 0.2) is 36.2 Å². The molecule has 0 amide bonds. The van der Waals surface area contributed by atoms with Crippen molar-refractivity contribution < 1.29 is 0 Å². The van der Waals surface area contributed by atoms with Crippen LogP contribution in [0.3, 0.4) is 0 Å². The van der Waals surface area contributed by atoms with Crippen LogP contribution in [0, 0.1) is 5.41 Å². The van der Waals surface area contributed by atoms with Gasteiger partial charge >= 0.3 is 0 Å². The van der Waals surface area contributed by atoms with Gasteiger partial charge in [-0.1, -0.05) is 12.1 Å². The van der Waals surface area contributed by atoms with E-state index in [0.717, 1.165) is 11.0 Å². The average molecular weight is 212 g/mol. The molecule has 0 fully saturated rings. The first-order valence-electron chi connectivity index (χ1n) is 4.91. The van der Waals surface area contributed by atoms with Crippen LogP contribution in [-0.4, -0.2) is 16.2 Å². The Hall–Kier alpha value is -2.23. The van der Waals surface area contributed by atoms with Crippen molar-refractivity contribution in [1.82, 2.24) is 9.97 Å². The predicted molar refractivity (Wildman–Crippen MR) is 65.1 cm³/mol. The SMILES string of the molecule is CC(N)=C(C=N)c1cnc2ccccc2n1. The van der Waals surface area contributed by atoms with E-state index in [0.29, 0.717) is 17.0 Å². The van der Waals surface area contributed by atoms with Crippen LogP contribution in [0.4, 0.5) is 0 Å². The molecule has 0 aliphatic carbocycles. The van der Waals surface area contributed by atoms with Gasteiger partial charge in [-0.05, 0) is 19.1 Å². The lowest BCUT2D eigenvalue weighted by molar-refractivity contribution is 1.23. The number of nitrogens with one attached hydrogen (secondary N) is 1. The zero-order chi connectivity index (χ0) is 11.5. The highest BCUT2D eigenvalue weighted by Crippen LogP contribution is 2.15. The maximum atomic E-state index is 7.31. The van der Waals surface area contributed by atoms with Crippen molar-refractivity contribution in [3.05, 3.63) is 41.9 Å². The molecule has 16 heavy (non-hydrogen) atoms. The first-order valence-corrected chi connectivity index (χ1v) is 4.91. The zero-order valence-electron chi connectivity index (χ0n) is 8.94. The topological polar surface area (TPSA) is 75.7 Å². The fourth-order valence-corrected chi connectivity index (χ4v) is 1.48. The highest BCUT2D eigenvalue weighted by Gasteiger charge is 2.04. The van der Waals surface area contributed by atoms with Crippen molar-refractivity contribution in [2.45, 2.75) is 6.92 Å². The Bertz CT molecular complexity index is 568. The molecule has 0 atom stereocenters. The highest BCUT2D eigenvalue weighted by atomic mass is 14.8. The minimum atomic E-state index is 0.569. The van der Waals surface area contributed by atoms with Gasteiger partial charge in [0, 0.05) is 17.5 Å². The Balaban J connectivity index is 2.63. The van der Waals surface area contributed by atoms with Crippen molar-refractivity contribution in [2.75, 3.05) is 0 Å². The Kier molecular flexibility index (Phi) is 2.64. The number of benzene rings is 1. The zero-order valence-corrected chi connectivity index (χ0v) is 8.94. The minimum Gasteiger partial charge on any atom is -0.402 e. The summed E-state index contributed by atoms with van der Waals surface area (Å²) in [6, 6.07) is 7.61. The van der Waals surface area contributed by atoms with Crippen molar-refractivity contribution in [3.63, 3.8) is 0 Å². The number of para-hydroxylation sites is 2. The van der Waals surface area contributed by atoms with E-state index in [9.17, 15) is 0 Å². The van der Waals surface area contributed by atoms with E-state index in [4.69, 9.17) is 11.1 Å². The van der Waals surface area contributed by atoms with E-state index in [2.05, 4.69) is 9.97 Å². The summed E-state index contributed by atoms with van der Waals surface area (Å²) in [6.07, 6.45) is 2.84. The molecule has 0 spiro atoms. The molecule has 2 aromatic rings. The number of allylic oxidation sites excluding steroid dienone is 2. The Morgan fingerprint density at radius 2 is 2.00 bits per heavy atom. The lowest BCUT2D eigenvalue weighted by Crippen LogP contribution is -2.01. The standard InChI is InChI=1S/C12H12N4/c1-8(14)9(6-13)12-7-15-10-4-2-3-5-11(10)16-12/h2-7,13H,14H2,1H3. The van der Waals surface area contributed by atoms with Crippen molar-refractivity contribution in [1.29, 1.82) is 5.41 Å². The second kappa shape index (κ2) is 4.10. The molecule has 4 heteroatoms. The van der Waals surface area contributed by atoms with Gasteiger partial charge in [0.2, 0.25) is 0 Å². The number of hydrogen-bond acceptors (Lipinski definition) is 4. The van der Waals surface area contributed by atoms with Crippen molar-refractivity contribution >= 4 is 22.8 Å². The molecule has 1 aromatic carbocycles. The lowest BCUT2D eigenvalue weighted by Gasteiger charge is -2.04. The van der Waals surface area contributed by atoms with Crippen LogP contribution in [-0.2, 0) is 0 Å². The molecule has 0 unspecified atom stereocenters. The van der Waals surface area contributed by atoms with Crippen LogP contribution < -0.4 is 5.73 Å². The van der Waals surface area contributed by atoms with Gasteiger partial charge in [0.25, 0.3) is 0 Å². The van der Waals surface area contributed by atoms with Gasteiger partial charge in [-0.3, -0.25) is 4.98 Å². The van der Waals surface area contributed by atoms with E-state index < -0.39 is 0 Å². The Morgan fingerprint density at radius 3 is 2.62 bits per heavy atom. The third kappa shape index (κ3) is 1.77. The molecule has 1 aromatic heterocycles. The van der Waals surface area contributed by atoms with Crippen LogP contribution >= 0.6 is 0 Å². The quantitative estimate of drug-likeness (QED) is 0.747. The van der Waals surface area contributed by atoms with E-state index in [1.165, 1.54) is 6.21 Å². The predicted octanol–water partition coefficient (Wildman–Crippen LogP) is 1.97. The van der Waals surface area contributed by atoms with Crippen molar-refractivity contribution in [3.8, 4) is 0 Å². The van der Waals surface area contributed by atoms with E-state index in [1.807, 2.05) is 24.3 Å². The van der Waals surface area contributed by atoms with Gasteiger partial charge < -0.3 is 11.1 Å². The molecular weight excluding hydrogens is 200 g/mol. The number of fused-ring (bicyclic) bond motifs is 1. The number of rotatable bonds is 2. The lowest BCUT2D eigenvalue weighted by atomic mass is 10.1. The summed E-state index contributed by atoms with van der Waals surface area (Å²) in [5.74, 6) is 0. The average Bonchev–Trinajstić information content (AvgIpc) is 2.29. The fraction of sp³-hybridized carbons (Fsp3) is 0.0833. The summed E-state index contributed by atoms with van der Waals surface area (Å²) in [7, 11) is 0. The molecule has 4 nitrogen and oxygen atoms in total. The molecular formula is C12H12N4. The molecule has 3 N–H and O–H groups in total. The number of hydrogen-bond donors (Lipinski definition) is 2. The first kappa shape index (κ1) is 10.3. The van der Waals surface area contributed by atoms with Crippen molar-refractivity contribution in [2.24, 2.45) is 5.73 Å². The van der Waals surface area contributed by atoms with Gasteiger partial charge in [0.05, 0.1) is 22.9 Å². The van der Waals surface area contributed by atoms with Crippen LogP contribution in [0.1, 0.15) is 12.6 Å². The molecule has 0 aliphatic rings. The molecule has 0 radical (unpaired) electrons. The molecule has 2 rings (SSSR count). The minimum absolute atomic E-state index is 0.569. The summed E-state index contributed by atoms with van der Waals surface area (Å²) in [5.41, 5.74) is 9.14. The molecule has 0 bridgehead atoms. The van der Waals surface area contributed by atoms with Crippen LogP contribution in [0.2, 0.25) is 0 Å². The van der Waals surface area contributed by atoms with E-state index in [1.54, 1.807) is 13.1 Å². The maximum absolute atomic E-state index is 7.31. The molecule has 1 heterocycles. The number of aromatic nitrogens is 2. The summed E-state index contributed by atoms with van der Waals surface area (Å²) >= 11 is 0. The fourth-order valence-electron chi connectivity index (χ4n) is 1.48. The maximum Gasteiger partial charge on any atom is 0.0925 e. The first-order chi connectivity index (χ1) is 7.72. The largest absolute Gasteiger partial charge is 0.402 e. The second-order valence-corrected chi connectivity index (χ2v) is 3.48. The smallest absolute Gasteiger partial charge is 0.0925 e. The summed E-state index contributed by atoms with van der Waals surface area (Å²) in [4.78, 5) is 8.69. The third-order valence-corrected chi connectivity index (χ3v) is 2.29. The Morgan fingerprint density at radius 1 is 1.31 bits per heavy atom. The molecule has 0 saturated heterocycles. The van der Waals surface area contributed by atoms with Gasteiger partial charge in [0.1, 0.15) is 0 Å². The summed E-state index contributed by atoms with van der Waals surface area (Å²) in [5, 5.41) is 7.31. The molecule has 80 valence electrons. The number of nitrogens with two attached hydrogens (primary N) is 1.